The summed E-state index contributed by atoms with van der Waals surface area (Å²) in [7, 11) is 0. The van der Waals surface area contributed by atoms with E-state index in [1.807, 2.05) is 61.7 Å². The quantitative estimate of drug-likeness (QED) is 0.636. The number of carbonyl (C=O) groups excluding carboxylic acids is 1. The second kappa shape index (κ2) is 8.54. The molecule has 0 aliphatic heterocycles. The molecule has 2 N–H and O–H groups in total. The number of carboxylic acid groups (broad SMARTS) is 1. The lowest BCUT2D eigenvalue weighted by atomic mass is 10.1. The molecule has 3 aromatic rings. The Morgan fingerprint density at radius 3 is 2.59 bits per heavy atom. The van der Waals surface area contributed by atoms with E-state index in [1.54, 1.807) is 4.90 Å². The van der Waals surface area contributed by atoms with E-state index in [0.29, 0.717) is 25.9 Å². The van der Waals surface area contributed by atoms with Crippen LogP contribution < -0.4 is 0 Å². The molecule has 5 heteroatoms. The van der Waals surface area contributed by atoms with E-state index < -0.39 is 5.97 Å². The molecule has 0 saturated heterocycles. The van der Waals surface area contributed by atoms with Gasteiger partial charge in [0.25, 0.3) is 0 Å². The summed E-state index contributed by atoms with van der Waals surface area (Å²) in [6.07, 6.45) is 2.70. The maximum Gasteiger partial charge on any atom is 0.303 e. The molecular formula is C22H24N2O3. The first kappa shape index (κ1) is 18.7. The molecule has 0 unspecified atom stereocenters. The Labute approximate surface area is 158 Å². The van der Waals surface area contributed by atoms with Gasteiger partial charge in [-0.05, 0) is 30.0 Å². The molecule has 5 nitrogen and oxygen atoms in total. The standard InChI is InChI=1S/C22H24N2O3/c1-16-7-5-10-19-18(14-23-22(16)19)13-20(25)24(12-6-11-21(26)27)15-17-8-3-2-4-9-17/h2-5,7-10,14,23H,6,11-13,15H2,1H3,(H,26,27). The SMILES string of the molecule is Cc1cccc2c(CC(=O)N(CCCC(=O)O)Cc3ccccc3)c[nH]c12. The Balaban J connectivity index is 1.76. The Morgan fingerprint density at radius 1 is 1.07 bits per heavy atom. The number of benzene rings is 2. The topological polar surface area (TPSA) is 73.4 Å². The van der Waals surface area contributed by atoms with E-state index in [9.17, 15) is 9.59 Å². The number of amides is 1. The van der Waals surface area contributed by atoms with Gasteiger partial charge in [-0.2, -0.15) is 0 Å². The average Bonchev–Trinajstić information content (AvgIpc) is 3.06. The number of aromatic amines is 1. The van der Waals surface area contributed by atoms with Crippen molar-refractivity contribution < 1.29 is 14.7 Å². The van der Waals surface area contributed by atoms with Crippen LogP contribution in [-0.4, -0.2) is 33.4 Å². The number of para-hydroxylation sites is 1. The third-order valence-corrected chi connectivity index (χ3v) is 4.74. The normalized spacial score (nSPS) is 10.9. The fourth-order valence-electron chi connectivity index (χ4n) is 3.30. The van der Waals surface area contributed by atoms with Gasteiger partial charge < -0.3 is 15.0 Å². The molecule has 1 aromatic heterocycles. The number of aromatic nitrogens is 1. The van der Waals surface area contributed by atoms with Crippen LogP contribution in [0.3, 0.4) is 0 Å². The first-order chi connectivity index (χ1) is 13.0. The maximum absolute atomic E-state index is 13.0. The van der Waals surface area contributed by atoms with E-state index in [1.165, 1.54) is 0 Å². The van der Waals surface area contributed by atoms with Gasteiger partial charge >= 0.3 is 5.97 Å². The lowest BCUT2D eigenvalue weighted by Gasteiger charge is -2.23. The highest BCUT2D eigenvalue weighted by Crippen LogP contribution is 2.22. The lowest BCUT2D eigenvalue weighted by molar-refractivity contribution is -0.138. The summed E-state index contributed by atoms with van der Waals surface area (Å²) < 4.78 is 0. The highest BCUT2D eigenvalue weighted by atomic mass is 16.4. The van der Waals surface area contributed by atoms with Gasteiger partial charge in [-0.1, -0.05) is 48.5 Å². The zero-order valence-corrected chi connectivity index (χ0v) is 15.4. The minimum atomic E-state index is -0.839. The predicted molar refractivity (Wildman–Crippen MR) is 105 cm³/mol. The highest BCUT2D eigenvalue weighted by molar-refractivity contribution is 5.90. The number of carboxylic acids is 1. The molecule has 0 aliphatic rings. The second-order valence-electron chi connectivity index (χ2n) is 6.79. The van der Waals surface area contributed by atoms with Crippen molar-refractivity contribution in [1.82, 2.24) is 9.88 Å². The lowest BCUT2D eigenvalue weighted by Crippen LogP contribution is -2.33. The zero-order valence-electron chi connectivity index (χ0n) is 15.4. The maximum atomic E-state index is 13.0. The van der Waals surface area contributed by atoms with Crippen LogP contribution >= 0.6 is 0 Å². The number of aliphatic carboxylic acids is 1. The van der Waals surface area contributed by atoms with Gasteiger partial charge in [0.1, 0.15) is 0 Å². The summed E-state index contributed by atoms with van der Waals surface area (Å²) in [6, 6.07) is 15.8. The Hall–Kier alpha value is -3.08. The molecule has 1 amide bonds. The Kier molecular flexibility index (Phi) is 5.91. The van der Waals surface area contributed by atoms with Crippen LogP contribution in [0.25, 0.3) is 10.9 Å². The number of aryl methyl sites for hydroxylation is 1. The number of fused-ring (bicyclic) bond motifs is 1. The molecule has 0 fully saturated rings. The van der Waals surface area contributed by atoms with Gasteiger partial charge in [0.05, 0.1) is 6.42 Å². The first-order valence-electron chi connectivity index (χ1n) is 9.13. The van der Waals surface area contributed by atoms with Crippen LogP contribution in [0.15, 0.2) is 54.7 Å². The summed E-state index contributed by atoms with van der Waals surface area (Å²) in [4.78, 5) is 28.8. The average molecular weight is 364 g/mol. The molecule has 1 heterocycles. The largest absolute Gasteiger partial charge is 0.481 e. The van der Waals surface area contributed by atoms with E-state index in [-0.39, 0.29) is 12.3 Å². The monoisotopic (exact) mass is 364 g/mol. The van der Waals surface area contributed by atoms with Gasteiger partial charge in [0, 0.05) is 36.6 Å². The highest BCUT2D eigenvalue weighted by Gasteiger charge is 2.17. The molecule has 0 atom stereocenters. The number of H-pyrrole nitrogens is 1. The van der Waals surface area contributed by atoms with Gasteiger partial charge in [-0.25, -0.2) is 0 Å². The minimum absolute atomic E-state index is 0.00616. The number of hydrogen-bond acceptors (Lipinski definition) is 2. The van der Waals surface area contributed by atoms with Crippen LogP contribution in [0.1, 0.15) is 29.5 Å². The molecule has 0 spiro atoms. The predicted octanol–water partition coefficient (Wildman–Crippen LogP) is 3.91. The summed E-state index contributed by atoms with van der Waals surface area (Å²) in [6.45, 7) is 2.96. The molecule has 2 aromatic carbocycles. The van der Waals surface area contributed by atoms with Crippen molar-refractivity contribution in [2.45, 2.75) is 32.7 Å². The van der Waals surface area contributed by atoms with Crippen molar-refractivity contribution in [2.75, 3.05) is 6.54 Å². The molecule has 0 saturated carbocycles. The van der Waals surface area contributed by atoms with Crippen molar-refractivity contribution in [3.05, 3.63) is 71.4 Å². The molecule has 3 rings (SSSR count). The minimum Gasteiger partial charge on any atom is -0.481 e. The molecule has 140 valence electrons. The van der Waals surface area contributed by atoms with E-state index >= 15 is 0 Å². The van der Waals surface area contributed by atoms with E-state index in [0.717, 1.165) is 27.6 Å². The van der Waals surface area contributed by atoms with Crippen molar-refractivity contribution >= 4 is 22.8 Å². The van der Waals surface area contributed by atoms with Crippen LogP contribution in [0.5, 0.6) is 0 Å². The number of hydrogen-bond donors (Lipinski definition) is 2. The fraction of sp³-hybridized carbons (Fsp3) is 0.273. The molecule has 0 aliphatic carbocycles. The van der Waals surface area contributed by atoms with Gasteiger partial charge in [0.2, 0.25) is 5.91 Å². The van der Waals surface area contributed by atoms with E-state index in [4.69, 9.17) is 5.11 Å². The molecule has 0 radical (unpaired) electrons. The zero-order chi connectivity index (χ0) is 19.2. The van der Waals surface area contributed by atoms with Gasteiger partial charge in [-0.3, -0.25) is 9.59 Å². The van der Waals surface area contributed by atoms with Crippen molar-refractivity contribution in [3.8, 4) is 0 Å². The van der Waals surface area contributed by atoms with Crippen LogP contribution in [0.4, 0.5) is 0 Å². The number of carbonyl (C=O) groups is 2. The smallest absolute Gasteiger partial charge is 0.303 e. The van der Waals surface area contributed by atoms with Gasteiger partial charge in [-0.15, -0.1) is 0 Å². The molecular weight excluding hydrogens is 340 g/mol. The fourth-order valence-corrected chi connectivity index (χ4v) is 3.30. The molecule has 27 heavy (non-hydrogen) atoms. The summed E-state index contributed by atoms with van der Waals surface area (Å²) in [5.74, 6) is -0.833. The Bertz CT molecular complexity index is 931. The third-order valence-electron chi connectivity index (χ3n) is 4.74. The van der Waals surface area contributed by atoms with Gasteiger partial charge in [0.15, 0.2) is 0 Å². The van der Waals surface area contributed by atoms with Crippen LogP contribution in [0, 0.1) is 6.92 Å². The number of nitrogens with one attached hydrogen (secondary N) is 1. The molecule has 0 bridgehead atoms. The summed E-state index contributed by atoms with van der Waals surface area (Å²) >= 11 is 0. The van der Waals surface area contributed by atoms with Crippen molar-refractivity contribution in [1.29, 1.82) is 0 Å². The van der Waals surface area contributed by atoms with Crippen LogP contribution in [-0.2, 0) is 22.6 Å². The third kappa shape index (κ3) is 4.76. The second-order valence-corrected chi connectivity index (χ2v) is 6.79. The summed E-state index contributed by atoms with van der Waals surface area (Å²) in [5, 5.41) is 9.96. The number of nitrogens with zero attached hydrogens (tertiary/aromatic N) is 1. The number of rotatable bonds is 8. The Morgan fingerprint density at radius 2 is 1.85 bits per heavy atom. The summed E-state index contributed by atoms with van der Waals surface area (Å²) in [5.41, 5.74) is 4.21. The van der Waals surface area contributed by atoms with Crippen molar-refractivity contribution in [2.24, 2.45) is 0 Å². The van der Waals surface area contributed by atoms with E-state index in [2.05, 4.69) is 4.98 Å². The first-order valence-corrected chi connectivity index (χ1v) is 9.13. The van der Waals surface area contributed by atoms with Crippen LogP contribution in [0.2, 0.25) is 0 Å². The van der Waals surface area contributed by atoms with Crippen molar-refractivity contribution in [3.63, 3.8) is 0 Å².